The molecule has 168 valence electrons. The van der Waals surface area contributed by atoms with Crippen LogP contribution in [0.4, 0.5) is 0 Å². The highest BCUT2D eigenvalue weighted by molar-refractivity contribution is 14.0. The Morgan fingerprint density at radius 2 is 1.70 bits per heavy atom. The molecule has 3 rings (SSSR count). The Morgan fingerprint density at radius 1 is 1.03 bits per heavy atom. The van der Waals surface area contributed by atoms with Crippen LogP contribution in [0.15, 0.2) is 40.2 Å². The van der Waals surface area contributed by atoms with Crippen LogP contribution in [-0.4, -0.2) is 91.2 Å². The van der Waals surface area contributed by atoms with Gasteiger partial charge in [-0.2, -0.15) is 0 Å². The first kappa shape index (κ1) is 25.3. The summed E-state index contributed by atoms with van der Waals surface area (Å²) in [4.78, 5) is 24.9. The van der Waals surface area contributed by atoms with Crippen molar-refractivity contribution in [2.45, 2.75) is 36.3 Å². The quantitative estimate of drug-likeness (QED) is 0.258. The van der Waals surface area contributed by atoms with E-state index in [1.165, 1.54) is 11.3 Å². The van der Waals surface area contributed by atoms with E-state index in [4.69, 9.17) is 0 Å². The van der Waals surface area contributed by atoms with Gasteiger partial charge in [0, 0.05) is 63.0 Å². The van der Waals surface area contributed by atoms with Crippen LogP contribution in [0.5, 0.6) is 0 Å². The fourth-order valence-corrected chi connectivity index (χ4v) is 4.84. The molecule has 0 spiro atoms. The fourth-order valence-electron chi connectivity index (χ4n) is 3.89. The maximum atomic E-state index is 12.5. The van der Waals surface area contributed by atoms with Gasteiger partial charge < -0.3 is 15.1 Å². The third-order valence-electron chi connectivity index (χ3n) is 5.58. The van der Waals surface area contributed by atoms with Crippen molar-refractivity contribution in [3.8, 4) is 0 Å². The second kappa shape index (κ2) is 13.4. The molecule has 1 aromatic carbocycles. The lowest BCUT2D eigenvalue weighted by Gasteiger charge is -2.37. The summed E-state index contributed by atoms with van der Waals surface area (Å²) in [6.07, 6.45) is 3.57. The van der Waals surface area contributed by atoms with Crippen LogP contribution >= 0.6 is 35.7 Å². The van der Waals surface area contributed by atoms with Crippen LogP contribution < -0.4 is 5.32 Å². The highest BCUT2D eigenvalue weighted by Crippen LogP contribution is 2.22. The molecule has 0 radical (unpaired) electrons. The number of likely N-dealkylation sites (tertiary alicyclic amines) is 1. The fraction of sp³-hybridized carbons (Fsp3) is 0.636. The van der Waals surface area contributed by atoms with Crippen molar-refractivity contribution in [3.05, 3.63) is 30.3 Å². The summed E-state index contributed by atoms with van der Waals surface area (Å²) in [5.41, 5.74) is 0. The maximum absolute atomic E-state index is 12.5. The standard InChI is InChI=1S/C22H35N5OS.HI/c1-19(29-20-9-5-3-6-10-20)17-24-22(23-2)27-15-13-25(14-16-27)18-21(28)26-11-7-4-8-12-26;/h3,5-6,9-10,19H,4,7-8,11-18H2,1-2H3,(H,23,24);1H. The van der Waals surface area contributed by atoms with Gasteiger partial charge in [-0.25, -0.2) is 0 Å². The topological polar surface area (TPSA) is 51.2 Å². The number of aliphatic imine (C=N–C) groups is 1. The lowest BCUT2D eigenvalue weighted by molar-refractivity contribution is -0.133. The SMILES string of the molecule is CN=C(NCC(C)Sc1ccccc1)N1CCN(CC(=O)N2CCCCC2)CC1.I. The van der Waals surface area contributed by atoms with Crippen molar-refractivity contribution in [2.75, 3.05) is 59.4 Å². The van der Waals surface area contributed by atoms with Gasteiger partial charge in [-0.1, -0.05) is 25.1 Å². The number of carbonyl (C=O) groups is 1. The number of nitrogens with one attached hydrogen (secondary N) is 1. The van der Waals surface area contributed by atoms with Crippen molar-refractivity contribution in [2.24, 2.45) is 4.99 Å². The molecule has 2 aliphatic heterocycles. The Labute approximate surface area is 202 Å². The molecule has 1 amide bonds. The van der Waals surface area contributed by atoms with Crippen LogP contribution in [0, 0.1) is 0 Å². The average Bonchev–Trinajstić information content (AvgIpc) is 2.76. The summed E-state index contributed by atoms with van der Waals surface area (Å²) in [5.74, 6) is 1.26. The molecule has 2 fully saturated rings. The van der Waals surface area contributed by atoms with E-state index >= 15 is 0 Å². The van der Waals surface area contributed by atoms with Gasteiger partial charge in [0.2, 0.25) is 5.91 Å². The zero-order valence-electron chi connectivity index (χ0n) is 18.3. The summed E-state index contributed by atoms with van der Waals surface area (Å²) >= 11 is 1.88. The smallest absolute Gasteiger partial charge is 0.236 e. The van der Waals surface area contributed by atoms with E-state index in [0.29, 0.717) is 17.7 Å². The maximum Gasteiger partial charge on any atom is 0.236 e. The lowest BCUT2D eigenvalue weighted by Crippen LogP contribution is -2.54. The Hall–Kier alpha value is -1.00. The number of piperidine rings is 1. The molecule has 30 heavy (non-hydrogen) atoms. The number of nitrogens with zero attached hydrogens (tertiary/aromatic N) is 4. The minimum Gasteiger partial charge on any atom is -0.355 e. The van der Waals surface area contributed by atoms with Crippen molar-refractivity contribution in [3.63, 3.8) is 0 Å². The van der Waals surface area contributed by atoms with E-state index in [1.54, 1.807) is 0 Å². The van der Waals surface area contributed by atoms with E-state index in [9.17, 15) is 4.79 Å². The predicted molar refractivity (Wildman–Crippen MR) is 137 cm³/mol. The molecule has 1 unspecified atom stereocenters. The first-order valence-corrected chi connectivity index (χ1v) is 11.7. The molecule has 2 heterocycles. The minimum atomic E-state index is 0. The first-order valence-electron chi connectivity index (χ1n) is 10.8. The van der Waals surface area contributed by atoms with E-state index in [-0.39, 0.29) is 24.0 Å². The molecule has 2 aliphatic rings. The lowest BCUT2D eigenvalue weighted by atomic mass is 10.1. The molecule has 8 heteroatoms. The normalized spacial score (nSPS) is 19.2. The monoisotopic (exact) mass is 545 g/mol. The third-order valence-corrected chi connectivity index (χ3v) is 6.69. The van der Waals surface area contributed by atoms with Crippen LogP contribution in [0.2, 0.25) is 0 Å². The van der Waals surface area contributed by atoms with Crippen molar-refractivity contribution >= 4 is 47.6 Å². The van der Waals surface area contributed by atoms with Gasteiger partial charge in [0.05, 0.1) is 6.54 Å². The Kier molecular flexibility index (Phi) is 11.3. The van der Waals surface area contributed by atoms with Crippen LogP contribution in [0.25, 0.3) is 0 Å². The summed E-state index contributed by atoms with van der Waals surface area (Å²) in [6.45, 7) is 9.19. The Morgan fingerprint density at radius 3 is 2.33 bits per heavy atom. The van der Waals surface area contributed by atoms with Crippen LogP contribution in [0.3, 0.4) is 0 Å². The molecule has 6 nitrogen and oxygen atoms in total. The number of halogens is 1. The number of amides is 1. The Bertz CT molecular complexity index is 661. The number of thioether (sulfide) groups is 1. The number of guanidine groups is 1. The van der Waals surface area contributed by atoms with Crippen molar-refractivity contribution in [1.29, 1.82) is 0 Å². The second-order valence-corrected chi connectivity index (χ2v) is 9.39. The first-order chi connectivity index (χ1) is 14.2. The minimum absolute atomic E-state index is 0. The molecule has 0 aromatic heterocycles. The molecule has 1 atom stereocenters. The molecule has 2 saturated heterocycles. The van der Waals surface area contributed by atoms with Gasteiger partial charge in [0.25, 0.3) is 0 Å². The van der Waals surface area contributed by atoms with Crippen molar-refractivity contribution < 1.29 is 4.79 Å². The molecule has 0 aliphatic carbocycles. The number of hydrogen-bond donors (Lipinski definition) is 1. The van der Waals surface area contributed by atoms with Crippen LogP contribution in [0.1, 0.15) is 26.2 Å². The van der Waals surface area contributed by atoms with Gasteiger partial charge in [-0.05, 0) is 31.4 Å². The summed E-state index contributed by atoms with van der Waals surface area (Å²) < 4.78 is 0. The van der Waals surface area contributed by atoms with E-state index < -0.39 is 0 Å². The highest BCUT2D eigenvalue weighted by atomic mass is 127. The largest absolute Gasteiger partial charge is 0.355 e. The van der Waals surface area contributed by atoms with Gasteiger partial charge in [-0.15, -0.1) is 35.7 Å². The van der Waals surface area contributed by atoms with E-state index in [0.717, 1.165) is 64.6 Å². The second-order valence-electron chi connectivity index (χ2n) is 7.87. The number of benzene rings is 1. The van der Waals surface area contributed by atoms with Gasteiger partial charge in [-0.3, -0.25) is 14.7 Å². The zero-order chi connectivity index (χ0) is 20.5. The summed E-state index contributed by atoms with van der Waals surface area (Å²) in [7, 11) is 1.85. The number of rotatable bonds is 6. The molecule has 0 saturated carbocycles. The molecule has 1 aromatic rings. The average molecular weight is 546 g/mol. The number of hydrogen-bond acceptors (Lipinski definition) is 4. The van der Waals surface area contributed by atoms with Gasteiger partial charge in [0.15, 0.2) is 5.96 Å². The summed E-state index contributed by atoms with van der Waals surface area (Å²) in [5, 5.41) is 3.98. The third kappa shape index (κ3) is 7.92. The van der Waals surface area contributed by atoms with E-state index in [2.05, 4.69) is 57.4 Å². The van der Waals surface area contributed by atoms with Crippen LogP contribution in [-0.2, 0) is 4.79 Å². The molecule has 1 N–H and O–H groups in total. The number of carbonyl (C=O) groups excluding carboxylic acids is 1. The highest BCUT2D eigenvalue weighted by Gasteiger charge is 2.24. The predicted octanol–water partition coefficient (Wildman–Crippen LogP) is 2.99. The molecule has 0 bridgehead atoms. The summed E-state index contributed by atoms with van der Waals surface area (Å²) in [6, 6.07) is 10.5. The Balaban J connectivity index is 0.00000320. The molecular formula is C22H36IN5OS. The molecular weight excluding hydrogens is 509 g/mol. The van der Waals surface area contributed by atoms with Gasteiger partial charge >= 0.3 is 0 Å². The zero-order valence-corrected chi connectivity index (χ0v) is 21.4. The number of piperazine rings is 1. The van der Waals surface area contributed by atoms with E-state index in [1.807, 2.05) is 23.7 Å². The van der Waals surface area contributed by atoms with Crippen molar-refractivity contribution in [1.82, 2.24) is 20.0 Å². The van der Waals surface area contributed by atoms with Gasteiger partial charge in [0.1, 0.15) is 0 Å².